The third-order valence-corrected chi connectivity index (χ3v) is 4.98. The van der Waals surface area contributed by atoms with E-state index < -0.39 is 0 Å². The molecule has 1 aliphatic rings. The summed E-state index contributed by atoms with van der Waals surface area (Å²) < 4.78 is 13.4. The van der Waals surface area contributed by atoms with Gasteiger partial charge in [-0.05, 0) is 49.2 Å². The summed E-state index contributed by atoms with van der Waals surface area (Å²) in [6, 6.07) is 10.6. The molecule has 0 bridgehead atoms. The lowest BCUT2D eigenvalue weighted by Crippen LogP contribution is -2.38. The van der Waals surface area contributed by atoms with Gasteiger partial charge in [0.25, 0.3) is 0 Å². The first-order valence-electron chi connectivity index (χ1n) is 8.74. The molecule has 2 aromatic heterocycles. The van der Waals surface area contributed by atoms with Crippen molar-refractivity contribution in [2.75, 3.05) is 18.0 Å². The van der Waals surface area contributed by atoms with Crippen molar-refractivity contribution in [1.82, 2.24) is 20.2 Å². The third-order valence-electron chi connectivity index (χ3n) is 4.98. The van der Waals surface area contributed by atoms with E-state index in [1.54, 1.807) is 6.07 Å². The number of hydrogen-bond donors (Lipinski definition) is 3. The number of piperidine rings is 1. The Bertz CT molecular complexity index is 1100. The number of halogens is 1. The van der Waals surface area contributed by atoms with Gasteiger partial charge in [0.05, 0.1) is 22.7 Å². The lowest BCUT2D eigenvalue weighted by Gasteiger charge is -2.31. The molecule has 0 saturated carbocycles. The van der Waals surface area contributed by atoms with Crippen LogP contribution in [-0.2, 0) is 0 Å². The largest absolute Gasteiger partial charge is 0.391 e. The number of anilines is 1. The topological polar surface area (TPSA) is 80.8 Å². The molecule has 4 aromatic rings. The van der Waals surface area contributed by atoms with E-state index in [1.807, 2.05) is 12.1 Å². The first kappa shape index (κ1) is 15.3. The summed E-state index contributed by atoms with van der Waals surface area (Å²) in [4.78, 5) is 10.1. The van der Waals surface area contributed by atoms with Crippen LogP contribution in [0.3, 0.4) is 0 Å². The monoisotopic (exact) mass is 351 g/mol. The molecule has 132 valence electrons. The number of H-pyrrole nitrogens is 2. The third kappa shape index (κ3) is 2.52. The molecule has 1 aliphatic heterocycles. The summed E-state index contributed by atoms with van der Waals surface area (Å²) in [5.41, 5.74) is 4.14. The predicted octanol–water partition coefficient (Wildman–Crippen LogP) is 3.21. The summed E-state index contributed by atoms with van der Waals surface area (Å²) in [5.74, 6) is 0.347. The molecule has 7 heteroatoms. The Balaban J connectivity index is 1.55. The van der Waals surface area contributed by atoms with Crippen LogP contribution in [0.5, 0.6) is 0 Å². The maximum atomic E-state index is 13.4. The van der Waals surface area contributed by atoms with Gasteiger partial charge in [0.1, 0.15) is 11.5 Å². The van der Waals surface area contributed by atoms with E-state index in [4.69, 9.17) is 0 Å². The number of nitrogens with zero attached hydrogens (tertiary/aromatic N) is 3. The number of fused-ring (bicyclic) bond motifs is 2. The number of aromatic amines is 2. The standard InChI is InChI=1S/C19H18FN5O/c20-11-3-5-14-16(8-11)23-24-18(14)19-21-15-6-4-12(9-17(15)22-19)25-7-1-2-13(26)10-25/h3-6,8-9,13,26H,1-2,7,10H2,(H,21,22)(H,23,24). The predicted molar refractivity (Wildman–Crippen MR) is 98.6 cm³/mol. The van der Waals surface area contributed by atoms with Crippen molar-refractivity contribution in [3.8, 4) is 11.5 Å². The zero-order valence-corrected chi connectivity index (χ0v) is 14.0. The van der Waals surface area contributed by atoms with Crippen molar-refractivity contribution in [2.24, 2.45) is 0 Å². The normalized spacial score (nSPS) is 18.1. The van der Waals surface area contributed by atoms with Crippen molar-refractivity contribution in [2.45, 2.75) is 18.9 Å². The Morgan fingerprint density at radius 3 is 2.96 bits per heavy atom. The first-order valence-corrected chi connectivity index (χ1v) is 8.74. The number of aliphatic hydroxyl groups excluding tert-OH is 1. The van der Waals surface area contributed by atoms with Crippen molar-refractivity contribution in [3.63, 3.8) is 0 Å². The molecule has 5 rings (SSSR count). The fourth-order valence-electron chi connectivity index (χ4n) is 3.67. The Hall–Kier alpha value is -2.93. The van der Waals surface area contributed by atoms with Gasteiger partial charge in [0.2, 0.25) is 0 Å². The van der Waals surface area contributed by atoms with Gasteiger partial charge in [-0.25, -0.2) is 9.37 Å². The number of β-amino-alcohol motifs (C(OH)–C–C–N with tert-alkyl or cyclic N) is 1. The summed E-state index contributed by atoms with van der Waals surface area (Å²) in [7, 11) is 0. The van der Waals surface area contributed by atoms with E-state index in [0.29, 0.717) is 23.6 Å². The average Bonchev–Trinajstić information content (AvgIpc) is 3.24. The van der Waals surface area contributed by atoms with Gasteiger partial charge in [0.15, 0.2) is 5.82 Å². The minimum atomic E-state index is -0.300. The summed E-state index contributed by atoms with van der Waals surface area (Å²) in [5, 5.41) is 17.9. The molecule has 6 nitrogen and oxygen atoms in total. The van der Waals surface area contributed by atoms with E-state index in [1.165, 1.54) is 12.1 Å². The minimum absolute atomic E-state index is 0.271. The Morgan fingerprint density at radius 2 is 2.08 bits per heavy atom. The zero-order valence-electron chi connectivity index (χ0n) is 14.0. The zero-order chi connectivity index (χ0) is 17.7. The van der Waals surface area contributed by atoms with Crippen LogP contribution in [0.2, 0.25) is 0 Å². The molecule has 1 unspecified atom stereocenters. The highest BCUT2D eigenvalue weighted by molar-refractivity contribution is 5.93. The van der Waals surface area contributed by atoms with Crippen LogP contribution >= 0.6 is 0 Å². The van der Waals surface area contributed by atoms with Crippen LogP contribution < -0.4 is 4.90 Å². The Kier molecular flexibility index (Phi) is 3.43. The SMILES string of the molecule is OC1CCCN(c2ccc3nc(-c4n[nH]c5cc(F)ccc45)[nH]c3c2)C1. The summed E-state index contributed by atoms with van der Waals surface area (Å²) in [6.07, 6.45) is 1.58. The van der Waals surface area contributed by atoms with E-state index in [9.17, 15) is 9.50 Å². The van der Waals surface area contributed by atoms with Gasteiger partial charge in [-0.3, -0.25) is 5.10 Å². The molecule has 0 spiro atoms. The van der Waals surface area contributed by atoms with Gasteiger partial charge in [-0.2, -0.15) is 5.10 Å². The van der Waals surface area contributed by atoms with Gasteiger partial charge in [-0.15, -0.1) is 0 Å². The van der Waals surface area contributed by atoms with Gasteiger partial charge in [-0.1, -0.05) is 0 Å². The summed E-state index contributed by atoms with van der Waals surface area (Å²) in [6.45, 7) is 1.60. The lowest BCUT2D eigenvalue weighted by atomic mass is 10.1. The van der Waals surface area contributed by atoms with E-state index in [-0.39, 0.29) is 11.9 Å². The highest BCUT2D eigenvalue weighted by atomic mass is 19.1. The smallest absolute Gasteiger partial charge is 0.159 e. The van der Waals surface area contributed by atoms with Gasteiger partial charge in [0, 0.05) is 24.2 Å². The number of hydrogen-bond acceptors (Lipinski definition) is 4. The van der Waals surface area contributed by atoms with Crippen molar-refractivity contribution in [1.29, 1.82) is 0 Å². The fourth-order valence-corrected chi connectivity index (χ4v) is 3.67. The second kappa shape index (κ2) is 5.81. The molecular formula is C19H18FN5O. The molecular weight excluding hydrogens is 333 g/mol. The van der Waals surface area contributed by atoms with Crippen LogP contribution in [0.4, 0.5) is 10.1 Å². The summed E-state index contributed by atoms with van der Waals surface area (Å²) >= 11 is 0. The van der Waals surface area contributed by atoms with Gasteiger partial charge >= 0.3 is 0 Å². The number of imidazole rings is 1. The van der Waals surface area contributed by atoms with E-state index in [0.717, 1.165) is 41.5 Å². The fraction of sp³-hybridized carbons (Fsp3) is 0.263. The molecule has 3 N–H and O–H groups in total. The number of nitrogens with one attached hydrogen (secondary N) is 2. The highest BCUT2D eigenvalue weighted by Crippen LogP contribution is 2.29. The second-order valence-electron chi connectivity index (χ2n) is 6.79. The van der Waals surface area contributed by atoms with E-state index in [2.05, 4.69) is 31.1 Å². The molecule has 0 aliphatic carbocycles. The highest BCUT2D eigenvalue weighted by Gasteiger charge is 2.19. The molecule has 3 heterocycles. The Labute approximate surface area is 148 Å². The molecule has 2 aromatic carbocycles. The molecule has 1 fully saturated rings. The number of aromatic nitrogens is 4. The van der Waals surface area contributed by atoms with Crippen LogP contribution in [0.15, 0.2) is 36.4 Å². The van der Waals surface area contributed by atoms with Crippen LogP contribution in [0.1, 0.15) is 12.8 Å². The van der Waals surface area contributed by atoms with E-state index >= 15 is 0 Å². The number of rotatable bonds is 2. The molecule has 1 atom stereocenters. The van der Waals surface area contributed by atoms with Crippen LogP contribution in [-0.4, -0.2) is 44.5 Å². The molecule has 0 radical (unpaired) electrons. The van der Waals surface area contributed by atoms with Crippen molar-refractivity contribution in [3.05, 3.63) is 42.2 Å². The quantitative estimate of drug-likeness (QED) is 0.518. The van der Waals surface area contributed by atoms with Crippen LogP contribution in [0, 0.1) is 5.82 Å². The lowest BCUT2D eigenvalue weighted by molar-refractivity contribution is 0.154. The molecule has 26 heavy (non-hydrogen) atoms. The number of aliphatic hydroxyl groups is 1. The first-order chi connectivity index (χ1) is 12.7. The Morgan fingerprint density at radius 1 is 1.15 bits per heavy atom. The average molecular weight is 351 g/mol. The molecule has 1 saturated heterocycles. The number of benzene rings is 2. The minimum Gasteiger partial charge on any atom is -0.391 e. The molecule has 0 amide bonds. The van der Waals surface area contributed by atoms with Crippen LogP contribution in [0.25, 0.3) is 33.5 Å². The van der Waals surface area contributed by atoms with Gasteiger partial charge < -0.3 is 15.0 Å². The van der Waals surface area contributed by atoms with Crippen molar-refractivity contribution >= 4 is 27.6 Å². The second-order valence-corrected chi connectivity index (χ2v) is 6.79. The maximum absolute atomic E-state index is 13.4. The van der Waals surface area contributed by atoms with Crippen molar-refractivity contribution < 1.29 is 9.50 Å². The maximum Gasteiger partial charge on any atom is 0.159 e.